The van der Waals surface area contributed by atoms with E-state index < -0.39 is 5.41 Å². The Bertz CT molecular complexity index is 758. The SMILES string of the molecule is COc1cc(Nc2ccc(NC(=O)C(C)(C)C)nn2)c(OC)cc1Cl. The zero-order chi connectivity index (χ0) is 18.6. The van der Waals surface area contributed by atoms with Gasteiger partial charge in [0.1, 0.15) is 11.5 Å². The number of carbonyl (C=O) groups is 1. The highest BCUT2D eigenvalue weighted by molar-refractivity contribution is 6.32. The fraction of sp³-hybridized carbons (Fsp3) is 0.353. The van der Waals surface area contributed by atoms with Crippen LogP contribution >= 0.6 is 11.6 Å². The lowest BCUT2D eigenvalue weighted by atomic mass is 9.96. The molecule has 0 aliphatic carbocycles. The number of rotatable bonds is 5. The molecule has 0 fully saturated rings. The van der Waals surface area contributed by atoms with Gasteiger partial charge in [-0.05, 0) is 12.1 Å². The van der Waals surface area contributed by atoms with E-state index in [1.54, 1.807) is 31.4 Å². The summed E-state index contributed by atoms with van der Waals surface area (Å²) < 4.78 is 10.5. The van der Waals surface area contributed by atoms with E-state index in [1.807, 2.05) is 20.8 Å². The molecule has 7 nitrogen and oxygen atoms in total. The topological polar surface area (TPSA) is 85.4 Å². The van der Waals surface area contributed by atoms with Crippen molar-refractivity contribution >= 4 is 34.8 Å². The predicted octanol–water partition coefficient (Wildman–Crippen LogP) is 3.88. The van der Waals surface area contributed by atoms with Gasteiger partial charge in [0.2, 0.25) is 5.91 Å². The monoisotopic (exact) mass is 364 g/mol. The molecule has 1 amide bonds. The lowest BCUT2D eigenvalue weighted by Crippen LogP contribution is -2.28. The Morgan fingerprint density at radius 1 is 1.04 bits per heavy atom. The normalized spacial score (nSPS) is 11.0. The predicted molar refractivity (Wildman–Crippen MR) is 98.0 cm³/mol. The van der Waals surface area contributed by atoms with Crippen LogP contribution in [0.3, 0.4) is 0 Å². The number of benzene rings is 1. The number of hydrogen-bond acceptors (Lipinski definition) is 6. The van der Waals surface area contributed by atoms with E-state index in [4.69, 9.17) is 21.1 Å². The zero-order valence-electron chi connectivity index (χ0n) is 14.8. The fourth-order valence-electron chi connectivity index (χ4n) is 1.87. The maximum Gasteiger partial charge on any atom is 0.230 e. The third kappa shape index (κ3) is 4.73. The van der Waals surface area contributed by atoms with Gasteiger partial charge >= 0.3 is 0 Å². The number of carbonyl (C=O) groups excluding carboxylic acids is 1. The van der Waals surface area contributed by atoms with Crippen LogP contribution in [-0.4, -0.2) is 30.3 Å². The van der Waals surface area contributed by atoms with E-state index in [2.05, 4.69) is 20.8 Å². The summed E-state index contributed by atoms with van der Waals surface area (Å²) in [6.07, 6.45) is 0. The lowest BCUT2D eigenvalue weighted by Gasteiger charge is -2.17. The van der Waals surface area contributed by atoms with Crippen LogP contribution in [0.4, 0.5) is 17.3 Å². The quantitative estimate of drug-likeness (QED) is 0.837. The molecule has 0 aliphatic heterocycles. The Balaban J connectivity index is 2.18. The van der Waals surface area contributed by atoms with E-state index in [0.717, 1.165) is 0 Å². The van der Waals surface area contributed by atoms with E-state index in [0.29, 0.717) is 33.8 Å². The molecular weight excluding hydrogens is 344 g/mol. The van der Waals surface area contributed by atoms with Gasteiger partial charge in [0.15, 0.2) is 11.6 Å². The maximum atomic E-state index is 12.0. The molecule has 0 unspecified atom stereocenters. The van der Waals surface area contributed by atoms with Crippen LogP contribution < -0.4 is 20.1 Å². The van der Waals surface area contributed by atoms with Crippen LogP contribution in [0.15, 0.2) is 24.3 Å². The number of anilines is 3. The molecular formula is C17H21ClN4O3. The minimum absolute atomic E-state index is 0.133. The Morgan fingerprint density at radius 3 is 2.16 bits per heavy atom. The van der Waals surface area contributed by atoms with Gasteiger partial charge in [-0.1, -0.05) is 32.4 Å². The van der Waals surface area contributed by atoms with Crippen LogP contribution in [-0.2, 0) is 4.79 Å². The molecule has 1 heterocycles. The summed E-state index contributed by atoms with van der Waals surface area (Å²) in [6, 6.07) is 6.72. The van der Waals surface area contributed by atoms with Crippen LogP contribution in [0.1, 0.15) is 20.8 Å². The number of nitrogens with zero attached hydrogens (tertiary/aromatic N) is 2. The number of amides is 1. The van der Waals surface area contributed by atoms with Crippen molar-refractivity contribution in [1.82, 2.24) is 10.2 Å². The molecule has 0 spiro atoms. The summed E-state index contributed by atoms with van der Waals surface area (Å²) in [4.78, 5) is 12.0. The van der Waals surface area contributed by atoms with E-state index >= 15 is 0 Å². The Morgan fingerprint density at radius 2 is 1.64 bits per heavy atom. The molecule has 2 aromatic rings. The second-order valence-electron chi connectivity index (χ2n) is 6.32. The molecule has 0 bridgehead atoms. The molecule has 1 aromatic heterocycles. The molecule has 0 saturated carbocycles. The van der Waals surface area contributed by atoms with Crippen LogP contribution in [0.25, 0.3) is 0 Å². The Kier molecular flexibility index (Phi) is 5.69. The van der Waals surface area contributed by atoms with Crippen molar-refractivity contribution in [3.8, 4) is 11.5 Å². The van der Waals surface area contributed by atoms with Crippen molar-refractivity contribution < 1.29 is 14.3 Å². The number of methoxy groups -OCH3 is 2. The Labute approximate surface area is 151 Å². The molecule has 2 rings (SSSR count). The van der Waals surface area contributed by atoms with Gasteiger partial charge < -0.3 is 20.1 Å². The zero-order valence-corrected chi connectivity index (χ0v) is 15.6. The molecule has 0 radical (unpaired) electrons. The van der Waals surface area contributed by atoms with Crippen LogP contribution in [0.2, 0.25) is 5.02 Å². The van der Waals surface area contributed by atoms with E-state index in [1.165, 1.54) is 7.11 Å². The average molecular weight is 365 g/mol. The van der Waals surface area contributed by atoms with Gasteiger partial charge in [-0.2, -0.15) is 0 Å². The van der Waals surface area contributed by atoms with Gasteiger partial charge in [-0.3, -0.25) is 4.79 Å². The third-order valence-electron chi connectivity index (χ3n) is 3.32. The summed E-state index contributed by atoms with van der Waals surface area (Å²) in [7, 11) is 3.07. The minimum Gasteiger partial charge on any atom is -0.495 e. The maximum absolute atomic E-state index is 12.0. The number of halogens is 1. The smallest absolute Gasteiger partial charge is 0.230 e. The third-order valence-corrected chi connectivity index (χ3v) is 3.62. The van der Waals surface area contributed by atoms with E-state index in [9.17, 15) is 4.79 Å². The second kappa shape index (κ2) is 7.57. The number of aromatic nitrogens is 2. The first-order chi connectivity index (χ1) is 11.7. The first-order valence-electron chi connectivity index (χ1n) is 7.58. The first kappa shape index (κ1) is 18.8. The summed E-state index contributed by atoms with van der Waals surface area (Å²) in [5, 5.41) is 14.3. The van der Waals surface area contributed by atoms with Crippen molar-refractivity contribution in [2.24, 2.45) is 5.41 Å². The Hall–Kier alpha value is -2.54. The van der Waals surface area contributed by atoms with Crippen molar-refractivity contribution in [1.29, 1.82) is 0 Å². The van der Waals surface area contributed by atoms with Crippen molar-refractivity contribution in [3.63, 3.8) is 0 Å². The number of ether oxygens (including phenoxy) is 2. The molecule has 2 N–H and O–H groups in total. The molecule has 134 valence electrons. The van der Waals surface area contributed by atoms with Gasteiger partial charge in [0.25, 0.3) is 0 Å². The molecule has 1 aromatic carbocycles. The highest BCUT2D eigenvalue weighted by Crippen LogP contribution is 2.37. The molecule has 8 heteroatoms. The van der Waals surface area contributed by atoms with Crippen molar-refractivity contribution in [2.75, 3.05) is 24.9 Å². The summed E-state index contributed by atoms with van der Waals surface area (Å²) in [6.45, 7) is 5.48. The molecule has 0 atom stereocenters. The summed E-state index contributed by atoms with van der Waals surface area (Å²) in [5.41, 5.74) is 0.121. The summed E-state index contributed by atoms with van der Waals surface area (Å²) in [5.74, 6) is 1.78. The second-order valence-corrected chi connectivity index (χ2v) is 6.73. The lowest BCUT2D eigenvalue weighted by molar-refractivity contribution is -0.123. The van der Waals surface area contributed by atoms with E-state index in [-0.39, 0.29) is 5.91 Å². The first-order valence-corrected chi connectivity index (χ1v) is 7.96. The van der Waals surface area contributed by atoms with Gasteiger partial charge in [-0.25, -0.2) is 0 Å². The number of hydrogen-bond donors (Lipinski definition) is 2. The number of nitrogens with one attached hydrogen (secondary N) is 2. The summed E-state index contributed by atoms with van der Waals surface area (Å²) >= 11 is 6.09. The van der Waals surface area contributed by atoms with Crippen LogP contribution in [0, 0.1) is 5.41 Å². The molecule has 0 saturated heterocycles. The largest absolute Gasteiger partial charge is 0.495 e. The standard InChI is InChI=1S/C17H21ClN4O3/c1-17(2,3)16(23)20-15-7-6-14(21-22-15)19-11-9-12(24-4)10(18)8-13(11)25-5/h6-9H,1-5H3,(H,19,21)(H,20,22,23). The van der Waals surface area contributed by atoms with Crippen molar-refractivity contribution in [2.45, 2.75) is 20.8 Å². The van der Waals surface area contributed by atoms with Gasteiger partial charge in [-0.15, -0.1) is 10.2 Å². The van der Waals surface area contributed by atoms with Gasteiger partial charge in [0, 0.05) is 17.5 Å². The highest BCUT2D eigenvalue weighted by Gasteiger charge is 2.21. The van der Waals surface area contributed by atoms with Crippen molar-refractivity contribution in [3.05, 3.63) is 29.3 Å². The minimum atomic E-state index is -0.508. The fourth-order valence-corrected chi connectivity index (χ4v) is 2.10. The average Bonchev–Trinajstić information content (AvgIpc) is 2.56. The van der Waals surface area contributed by atoms with Crippen LogP contribution in [0.5, 0.6) is 11.5 Å². The molecule has 0 aliphatic rings. The molecule has 25 heavy (non-hydrogen) atoms. The highest BCUT2D eigenvalue weighted by atomic mass is 35.5. The van der Waals surface area contributed by atoms with Gasteiger partial charge in [0.05, 0.1) is 24.9 Å².